The molecule has 1 aliphatic carbocycles. The van der Waals surface area contributed by atoms with Gasteiger partial charge in [0, 0.05) is 31.2 Å². The number of nitrogens with one attached hydrogen (secondary N) is 1. The Morgan fingerprint density at radius 2 is 2.00 bits per heavy atom. The van der Waals surface area contributed by atoms with E-state index in [9.17, 15) is 10.1 Å². The maximum atomic E-state index is 12.6. The molecule has 2 aromatic carbocycles. The van der Waals surface area contributed by atoms with Gasteiger partial charge in [-0.1, -0.05) is 38.1 Å². The van der Waals surface area contributed by atoms with Crippen LogP contribution in [0.25, 0.3) is 0 Å². The molecule has 0 saturated carbocycles. The average molecular weight is 491 g/mol. The fraction of sp³-hybridized carbons (Fsp3) is 0.464. The van der Waals surface area contributed by atoms with Gasteiger partial charge in [0.1, 0.15) is 11.8 Å². The van der Waals surface area contributed by atoms with Gasteiger partial charge in [-0.3, -0.25) is 4.79 Å². The number of likely N-dealkylation sites (tertiary alicyclic amines) is 1. The first-order valence-electron chi connectivity index (χ1n) is 12.4. The van der Waals surface area contributed by atoms with Crippen molar-refractivity contribution < 1.29 is 19.5 Å². The minimum atomic E-state index is -0.550. The second kappa shape index (κ2) is 10.7. The fourth-order valence-corrected chi connectivity index (χ4v) is 5.36. The number of carbonyl (C=O) groups is 1. The van der Waals surface area contributed by atoms with Crippen LogP contribution in [0.3, 0.4) is 0 Å². The Morgan fingerprint density at radius 1 is 1.22 bits per heavy atom. The number of amidine groups is 1. The van der Waals surface area contributed by atoms with E-state index in [-0.39, 0.29) is 18.1 Å². The van der Waals surface area contributed by atoms with E-state index in [1.807, 2.05) is 26.0 Å². The van der Waals surface area contributed by atoms with E-state index in [0.717, 1.165) is 31.2 Å². The van der Waals surface area contributed by atoms with Crippen molar-refractivity contribution in [2.24, 2.45) is 16.8 Å². The molecule has 0 bridgehead atoms. The van der Waals surface area contributed by atoms with Crippen LogP contribution in [0.15, 0.2) is 41.4 Å². The number of hydroxylamine groups is 1. The van der Waals surface area contributed by atoms with Crippen molar-refractivity contribution in [1.29, 1.82) is 5.26 Å². The van der Waals surface area contributed by atoms with Crippen LogP contribution in [-0.4, -0.2) is 41.5 Å². The number of carbonyl (C=O) groups excluding carboxylic acids is 1. The van der Waals surface area contributed by atoms with Gasteiger partial charge in [0.25, 0.3) is 0 Å². The van der Waals surface area contributed by atoms with Crippen molar-refractivity contribution in [2.45, 2.75) is 58.9 Å². The standard InChI is InChI=1S/C27H30N4O3.CH4O/c1-15(2)14-31-24(32)12-18-11-22-20(25(18)31)6-5-7-21(22)26-29-27(34-30-26)17-8-9-23(33-16(3)4)19(10-17)13-28;1-2/h5-10,15-16,18,25,27H,11-12,14H2,1-4H3,(H,29,30);2H,1H3. The van der Waals surface area contributed by atoms with Crippen LogP contribution in [0.5, 0.6) is 5.75 Å². The summed E-state index contributed by atoms with van der Waals surface area (Å²) in [5.74, 6) is 2.25. The third-order valence-electron chi connectivity index (χ3n) is 6.64. The van der Waals surface area contributed by atoms with Crippen molar-refractivity contribution in [1.82, 2.24) is 10.4 Å². The molecule has 8 nitrogen and oxygen atoms in total. The zero-order chi connectivity index (χ0) is 26.0. The second-order valence-corrected chi connectivity index (χ2v) is 10.0. The van der Waals surface area contributed by atoms with Crippen LogP contribution in [0.2, 0.25) is 0 Å². The topological polar surface area (TPSA) is 107 Å². The van der Waals surface area contributed by atoms with E-state index in [4.69, 9.17) is 19.7 Å². The Labute approximate surface area is 212 Å². The van der Waals surface area contributed by atoms with E-state index in [1.54, 1.807) is 12.1 Å². The molecule has 3 atom stereocenters. The van der Waals surface area contributed by atoms with Crippen LogP contribution in [0, 0.1) is 23.2 Å². The number of aliphatic hydroxyl groups is 1. The maximum Gasteiger partial charge on any atom is 0.223 e. The number of hydrogen-bond acceptors (Lipinski definition) is 7. The minimum absolute atomic E-state index is 0.0154. The molecule has 2 heterocycles. The predicted octanol–water partition coefficient (Wildman–Crippen LogP) is 4.04. The van der Waals surface area contributed by atoms with Crippen molar-refractivity contribution in [3.05, 3.63) is 64.2 Å². The van der Waals surface area contributed by atoms with Crippen LogP contribution < -0.4 is 10.2 Å². The Balaban J connectivity index is 0.00000148. The van der Waals surface area contributed by atoms with Gasteiger partial charge in [0.2, 0.25) is 12.1 Å². The van der Waals surface area contributed by atoms with Gasteiger partial charge in [0.05, 0.1) is 17.7 Å². The number of aliphatic imine (C=N–C) groups is 1. The van der Waals surface area contributed by atoms with E-state index in [0.29, 0.717) is 35.4 Å². The average Bonchev–Trinajstić information content (AvgIpc) is 3.55. The largest absolute Gasteiger partial charge is 0.490 e. The first kappa shape index (κ1) is 25.7. The van der Waals surface area contributed by atoms with Crippen molar-refractivity contribution in [2.75, 3.05) is 13.7 Å². The number of fused-ring (bicyclic) bond motifs is 3. The Hall–Kier alpha value is -3.41. The fourth-order valence-electron chi connectivity index (χ4n) is 5.36. The number of benzene rings is 2. The highest BCUT2D eigenvalue weighted by atomic mass is 16.7. The van der Waals surface area contributed by atoms with Crippen LogP contribution >= 0.6 is 0 Å². The normalized spacial score (nSPS) is 22.0. The van der Waals surface area contributed by atoms with Crippen molar-refractivity contribution in [3.8, 4) is 11.8 Å². The number of ether oxygens (including phenoxy) is 1. The molecular formula is C28H34N4O4. The lowest BCUT2D eigenvalue weighted by Crippen LogP contribution is -2.31. The summed E-state index contributed by atoms with van der Waals surface area (Å²) >= 11 is 0. The summed E-state index contributed by atoms with van der Waals surface area (Å²) in [6, 6.07) is 14.0. The van der Waals surface area contributed by atoms with Crippen LogP contribution in [0.4, 0.5) is 0 Å². The molecule has 2 aromatic rings. The predicted molar refractivity (Wildman–Crippen MR) is 136 cm³/mol. The highest BCUT2D eigenvalue weighted by molar-refractivity contribution is 6.01. The summed E-state index contributed by atoms with van der Waals surface area (Å²) in [5.41, 5.74) is 7.74. The second-order valence-electron chi connectivity index (χ2n) is 10.0. The molecule has 8 heteroatoms. The number of hydrogen-bond donors (Lipinski definition) is 2. The van der Waals surface area contributed by atoms with Crippen LogP contribution in [-0.2, 0) is 16.1 Å². The molecule has 36 heavy (non-hydrogen) atoms. The molecule has 0 radical (unpaired) electrons. The third-order valence-corrected chi connectivity index (χ3v) is 6.64. The quantitative estimate of drug-likeness (QED) is 0.633. The summed E-state index contributed by atoms with van der Waals surface area (Å²) < 4.78 is 5.73. The zero-order valence-corrected chi connectivity index (χ0v) is 21.5. The summed E-state index contributed by atoms with van der Waals surface area (Å²) in [6.45, 7) is 8.95. The highest BCUT2D eigenvalue weighted by Crippen LogP contribution is 2.48. The lowest BCUT2D eigenvalue weighted by Gasteiger charge is -2.27. The van der Waals surface area contributed by atoms with Gasteiger partial charge >= 0.3 is 0 Å². The number of nitriles is 1. The van der Waals surface area contributed by atoms with Gasteiger partial charge in [-0.25, -0.2) is 15.3 Å². The number of nitrogens with zero attached hydrogens (tertiary/aromatic N) is 3. The highest BCUT2D eigenvalue weighted by Gasteiger charge is 2.46. The summed E-state index contributed by atoms with van der Waals surface area (Å²) in [7, 11) is 1.00. The molecule has 0 aromatic heterocycles. The molecule has 1 fully saturated rings. The van der Waals surface area contributed by atoms with E-state index in [1.165, 1.54) is 11.1 Å². The lowest BCUT2D eigenvalue weighted by atomic mass is 10.0. The number of amides is 1. The van der Waals surface area contributed by atoms with E-state index < -0.39 is 6.23 Å². The maximum absolute atomic E-state index is 12.6. The molecule has 1 saturated heterocycles. The number of rotatable bonds is 6. The van der Waals surface area contributed by atoms with Gasteiger partial charge < -0.3 is 14.7 Å². The van der Waals surface area contributed by atoms with E-state index in [2.05, 4.69) is 42.4 Å². The summed E-state index contributed by atoms with van der Waals surface area (Å²) in [6.07, 6.45) is 0.901. The first-order valence-corrected chi connectivity index (χ1v) is 12.4. The SMILES string of the molecule is CC(C)CN1C(=O)CC2Cc3c(C4=NC(c5ccc(OC(C)C)c(C#N)c5)ON4)cccc3C21.CO. The Bertz CT molecular complexity index is 1200. The number of aliphatic hydroxyl groups excluding tert-OH is 1. The van der Waals surface area contributed by atoms with Crippen molar-refractivity contribution in [3.63, 3.8) is 0 Å². The Kier molecular flexibility index (Phi) is 7.62. The molecule has 2 aliphatic heterocycles. The third kappa shape index (κ3) is 4.81. The molecule has 3 aliphatic rings. The molecule has 5 rings (SSSR count). The van der Waals surface area contributed by atoms with Gasteiger partial charge in [0.15, 0.2) is 5.84 Å². The van der Waals surface area contributed by atoms with Crippen molar-refractivity contribution >= 4 is 11.7 Å². The first-order chi connectivity index (χ1) is 17.4. The molecule has 2 N–H and O–H groups in total. The molecule has 190 valence electrons. The van der Waals surface area contributed by atoms with Gasteiger partial charge in [-0.2, -0.15) is 5.26 Å². The van der Waals surface area contributed by atoms with E-state index >= 15 is 0 Å². The molecular weight excluding hydrogens is 456 g/mol. The lowest BCUT2D eigenvalue weighted by molar-refractivity contribution is -0.129. The minimum Gasteiger partial charge on any atom is -0.490 e. The smallest absolute Gasteiger partial charge is 0.223 e. The van der Waals surface area contributed by atoms with Gasteiger partial charge in [-0.05, 0) is 55.4 Å². The molecule has 1 amide bonds. The monoisotopic (exact) mass is 490 g/mol. The van der Waals surface area contributed by atoms with Gasteiger partial charge in [-0.15, -0.1) is 0 Å². The Morgan fingerprint density at radius 3 is 2.69 bits per heavy atom. The summed E-state index contributed by atoms with van der Waals surface area (Å²) in [5, 5.41) is 16.6. The molecule has 3 unspecified atom stereocenters. The summed E-state index contributed by atoms with van der Waals surface area (Å²) in [4.78, 5) is 25.3. The molecule has 0 spiro atoms. The van der Waals surface area contributed by atoms with Crippen LogP contribution in [0.1, 0.15) is 74.2 Å². The zero-order valence-electron chi connectivity index (χ0n) is 21.5.